The number of fused-ring (bicyclic) bond motifs is 2. The molecule has 0 saturated carbocycles. The summed E-state index contributed by atoms with van der Waals surface area (Å²) in [5.74, 6) is 0.982. The van der Waals surface area contributed by atoms with Gasteiger partial charge in [0.2, 0.25) is 11.2 Å². The van der Waals surface area contributed by atoms with Crippen LogP contribution >= 0.6 is 23.5 Å². The number of rotatable bonds is 8. The molecule has 0 saturated heterocycles. The number of para-hydroxylation sites is 6. The predicted octanol–water partition coefficient (Wildman–Crippen LogP) is 5.58. The Bertz CT molecular complexity index is 2000. The van der Waals surface area contributed by atoms with Crippen molar-refractivity contribution < 1.29 is 45.3 Å². The summed E-state index contributed by atoms with van der Waals surface area (Å²) in [6, 6.07) is 29.1. The fourth-order valence-electron chi connectivity index (χ4n) is 4.32. The lowest BCUT2D eigenvalue weighted by molar-refractivity contribution is -0.692. The number of aromatic nitrogens is 2. The SMILES string of the molecule is C[n+]1c(SCc2ccccc2[N+](=O)[O-])oc2ccccc21.C[n+]1c(SCc2ccccc2[N+](=O)[O-])oc2ccccc21.O=S(=O)([O-])[O-]. The third kappa shape index (κ3) is 9.60. The van der Waals surface area contributed by atoms with Crippen LogP contribution in [0.2, 0.25) is 0 Å². The Labute approximate surface area is 276 Å². The molecule has 0 atom stereocenters. The lowest BCUT2D eigenvalue weighted by atomic mass is 10.2. The number of thioether (sulfide) groups is 2. The molecule has 17 heteroatoms. The van der Waals surface area contributed by atoms with E-state index in [0.29, 0.717) is 22.6 Å². The maximum Gasteiger partial charge on any atom is 0.412 e. The molecular formula is C30H26N4O10S3. The van der Waals surface area contributed by atoms with Gasteiger partial charge in [-0.25, -0.2) is 0 Å². The van der Waals surface area contributed by atoms with Gasteiger partial charge in [-0.2, -0.15) is 9.13 Å². The molecule has 0 unspecified atom stereocenters. The van der Waals surface area contributed by atoms with Crippen LogP contribution in [0.25, 0.3) is 22.2 Å². The van der Waals surface area contributed by atoms with Crippen molar-refractivity contribution in [3.63, 3.8) is 0 Å². The number of hydrogen-bond donors (Lipinski definition) is 0. The van der Waals surface area contributed by atoms with Gasteiger partial charge in [0, 0.05) is 57.3 Å². The van der Waals surface area contributed by atoms with Gasteiger partial charge in [-0.15, -0.1) is 0 Å². The van der Waals surface area contributed by atoms with Crippen LogP contribution in [0.3, 0.4) is 0 Å². The van der Waals surface area contributed by atoms with Crippen molar-refractivity contribution in [2.45, 2.75) is 22.0 Å². The second kappa shape index (κ2) is 15.7. The van der Waals surface area contributed by atoms with Crippen molar-refractivity contribution in [1.29, 1.82) is 0 Å². The lowest BCUT2D eigenvalue weighted by Crippen LogP contribution is -2.28. The van der Waals surface area contributed by atoms with Gasteiger partial charge in [-0.05, 0) is 35.7 Å². The minimum absolute atomic E-state index is 0.142. The number of nitro groups is 2. The van der Waals surface area contributed by atoms with Crippen molar-refractivity contribution >= 4 is 67.5 Å². The first-order valence-electron chi connectivity index (χ1n) is 13.5. The fourth-order valence-corrected chi connectivity index (χ4v) is 6.24. The van der Waals surface area contributed by atoms with Gasteiger partial charge in [0.25, 0.3) is 22.4 Å². The number of benzene rings is 4. The van der Waals surface area contributed by atoms with Gasteiger partial charge in [-0.1, -0.05) is 60.7 Å². The summed E-state index contributed by atoms with van der Waals surface area (Å²) in [7, 11) is -1.32. The third-order valence-electron chi connectivity index (χ3n) is 6.47. The van der Waals surface area contributed by atoms with E-state index in [1.165, 1.54) is 35.7 Å². The maximum atomic E-state index is 11.0. The molecule has 0 fully saturated rings. The minimum Gasteiger partial charge on any atom is -0.759 e. The van der Waals surface area contributed by atoms with E-state index in [-0.39, 0.29) is 21.2 Å². The fraction of sp³-hybridized carbons (Fsp3) is 0.133. The Morgan fingerprint density at radius 1 is 0.617 bits per heavy atom. The molecular weight excluding hydrogens is 673 g/mol. The first-order chi connectivity index (χ1) is 22.3. The van der Waals surface area contributed by atoms with Crippen LogP contribution in [0.15, 0.2) is 116 Å². The Morgan fingerprint density at radius 3 is 1.28 bits per heavy atom. The standard InChI is InChI=1S/2C15H13N2O3S.H2O4S/c2*1-16-13-8-4-5-9-14(13)20-15(16)21-10-11-6-2-3-7-12(11)17(18)19;1-5(2,3)4/h2*2-9H,10H2,1H3;(H2,1,2,3,4)/q2*+1;/p-2. The van der Waals surface area contributed by atoms with Crippen molar-refractivity contribution in [2.24, 2.45) is 14.1 Å². The summed E-state index contributed by atoms with van der Waals surface area (Å²) in [6.07, 6.45) is 0. The molecule has 0 N–H and O–H groups in total. The summed E-state index contributed by atoms with van der Waals surface area (Å²) in [6.45, 7) is 0. The molecule has 2 aromatic heterocycles. The zero-order chi connectivity index (χ0) is 34.1. The normalized spacial score (nSPS) is 11.0. The minimum atomic E-state index is -5.17. The van der Waals surface area contributed by atoms with E-state index in [9.17, 15) is 20.2 Å². The van der Waals surface area contributed by atoms with E-state index in [0.717, 1.165) is 32.6 Å². The highest BCUT2D eigenvalue weighted by molar-refractivity contribution is 7.98. The molecule has 4 aromatic carbocycles. The monoisotopic (exact) mass is 698 g/mol. The zero-order valence-corrected chi connectivity index (χ0v) is 27.2. The molecule has 0 bridgehead atoms. The lowest BCUT2D eigenvalue weighted by Gasteiger charge is -2.06. The number of nitrogens with zero attached hydrogens (tertiary/aromatic N) is 4. The average Bonchev–Trinajstić information content (AvgIpc) is 3.54. The first kappa shape index (κ1) is 35.1. The van der Waals surface area contributed by atoms with Gasteiger partial charge in [-0.3, -0.25) is 28.6 Å². The molecule has 0 amide bonds. The predicted molar refractivity (Wildman–Crippen MR) is 171 cm³/mol. The van der Waals surface area contributed by atoms with E-state index in [1.807, 2.05) is 83.9 Å². The molecule has 47 heavy (non-hydrogen) atoms. The molecule has 0 aliphatic rings. The summed E-state index contributed by atoms with van der Waals surface area (Å²) in [4.78, 5) is 21.3. The molecule has 6 rings (SSSR count). The topological polar surface area (TPSA) is 201 Å². The average molecular weight is 699 g/mol. The van der Waals surface area contributed by atoms with Crippen LogP contribution in [-0.2, 0) is 36.0 Å². The Hall–Kier alpha value is -4.81. The molecule has 2 heterocycles. The Morgan fingerprint density at radius 2 is 0.936 bits per heavy atom. The second-order valence-corrected chi connectivity index (χ2v) is 12.2. The number of aryl methyl sites for hydroxylation is 2. The summed E-state index contributed by atoms with van der Waals surface area (Å²) in [5, 5.41) is 23.5. The summed E-state index contributed by atoms with van der Waals surface area (Å²) < 4.78 is 49.5. The molecule has 0 radical (unpaired) electrons. The molecule has 0 aliphatic heterocycles. The quantitative estimate of drug-likeness (QED) is 0.0478. The van der Waals surface area contributed by atoms with E-state index >= 15 is 0 Å². The smallest absolute Gasteiger partial charge is 0.412 e. The second-order valence-electron chi connectivity index (χ2n) is 9.55. The van der Waals surface area contributed by atoms with E-state index in [1.54, 1.807) is 24.3 Å². The van der Waals surface area contributed by atoms with E-state index in [2.05, 4.69) is 0 Å². The van der Waals surface area contributed by atoms with Gasteiger partial charge in [0.15, 0.2) is 0 Å². The first-order valence-corrected chi connectivity index (χ1v) is 16.8. The molecule has 14 nitrogen and oxygen atoms in total. The van der Waals surface area contributed by atoms with Crippen LogP contribution < -0.4 is 9.13 Å². The summed E-state index contributed by atoms with van der Waals surface area (Å²) >= 11 is 2.90. The zero-order valence-electron chi connectivity index (χ0n) is 24.7. The Kier molecular flexibility index (Phi) is 11.7. The number of nitro benzene ring substituents is 2. The number of oxazole rings is 2. The summed E-state index contributed by atoms with van der Waals surface area (Å²) in [5.41, 5.74) is 5.29. The van der Waals surface area contributed by atoms with Crippen molar-refractivity contribution in [3.05, 3.63) is 128 Å². The highest BCUT2D eigenvalue weighted by Gasteiger charge is 2.22. The molecule has 0 spiro atoms. The van der Waals surface area contributed by atoms with Gasteiger partial charge in [0.1, 0.15) is 14.1 Å². The van der Waals surface area contributed by atoms with Gasteiger partial charge in [0.05, 0.1) is 9.85 Å². The van der Waals surface area contributed by atoms with E-state index in [4.69, 9.17) is 26.4 Å². The molecule has 0 aliphatic carbocycles. The van der Waals surface area contributed by atoms with Crippen LogP contribution in [0.5, 0.6) is 0 Å². The highest BCUT2D eigenvalue weighted by atomic mass is 32.3. The van der Waals surface area contributed by atoms with Crippen molar-refractivity contribution in [1.82, 2.24) is 0 Å². The molecule has 244 valence electrons. The highest BCUT2D eigenvalue weighted by Crippen LogP contribution is 2.29. The third-order valence-corrected chi connectivity index (χ3v) is 8.59. The van der Waals surface area contributed by atoms with E-state index < -0.39 is 10.4 Å². The Balaban J connectivity index is 0.000000186. The number of hydrogen-bond acceptors (Lipinski definition) is 12. The van der Waals surface area contributed by atoms with Crippen molar-refractivity contribution in [3.8, 4) is 0 Å². The van der Waals surface area contributed by atoms with Gasteiger partial charge < -0.3 is 17.9 Å². The van der Waals surface area contributed by atoms with Crippen LogP contribution in [0.4, 0.5) is 11.4 Å². The van der Waals surface area contributed by atoms with Crippen LogP contribution in [0.1, 0.15) is 11.1 Å². The largest absolute Gasteiger partial charge is 0.759 e. The van der Waals surface area contributed by atoms with Gasteiger partial charge >= 0.3 is 10.4 Å². The maximum absolute atomic E-state index is 11.0. The molecule has 6 aromatic rings. The van der Waals surface area contributed by atoms with Crippen LogP contribution in [-0.4, -0.2) is 27.4 Å². The van der Waals surface area contributed by atoms with Crippen LogP contribution in [0, 0.1) is 20.2 Å². The van der Waals surface area contributed by atoms with Crippen molar-refractivity contribution in [2.75, 3.05) is 0 Å².